The van der Waals surface area contributed by atoms with Gasteiger partial charge in [-0.2, -0.15) is 0 Å². The number of nitrogens with two attached hydrogens (primary N) is 2. The zero-order chi connectivity index (χ0) is 12.4. The molecule has 4 N–H and O–H groups in total. The Labute approximate surface area is 108 Å². The predicted molar refractivity (Wildman–Crippen MR) is 70.8 cm³/mol. The van der Waals surface area contributed by atoms with Crippen LogP contribution in [0.3, 0.4) is 0 Å². The summed E-state index contributed by atoms with van der Waals surface area (Å²) in [7, 11) is 0. The molecule has 1 unspecified atom stereocenters. The summed E-state index contributed by atoms with van der Waals surface area (Å²) in [5, 5.41) is 0. The molecule has 1 amide bonds. The normalized spacial score (nSPS) is 14.6. The maximum atomic E-state index is 11.3. The lowest BCUT2D eigenvalue weighted by atomic mass is 9.70. The van der Waals surface area contributed by atoms with Gasteiger partial charge in [0.1, 0.15) is 0 Å². The maximum Gasteiger partial charge on any atom is 0.237 e. The van der Waals surface area contributed by atoms with Crippen molar-refractivity contribution in [3.05, 3.63) is 30.1 Å². The summed E-state index contributed by atoms with van der Waals surface area (Å²) in [5.74, 6) is -0.480. The van der Waals surface area contributed by atoms with Gasteiger partial charge in [-0.15, -0.1) is 12.4 Å². The molecule has 0 radical (unpaired) electrons. The second kappa shape index (κ2) is 5.47. The number of hydrogen-bond acceptors (Lipinski definition) is 3. The standard InChI is InChI=1S/C12H19N3O.ClH/c1-11(2,12(3,14)10(13)16)8-9-4-6-15-7-5-9;/h4-7H,8,14H2,1-3H3,(H2,13,16);1H. The van der Waals surface area contributed by atoms with E-state index in [2.05, 4.69) is 4.98 Å². The lowest BCUT2D eigenvalue weighted by Crippen LogP contribution is -2.60. The van der Waals surface area contributed by atoms with Gasteiger partial charge in [0.05, 0.1) is 5.54 Å². The highest BCUT2D eigenvalue weighted by molar-refractivity contribution is 5.85. The highest BCUT2D eigenvalue weighted by Crippen LogP contribution is 2.32. The Morgan fingerprint density at radius 3 is 2.18 bits per heavy atom. The predicted octanol–water partition coefficient (Wildman–Crippen LogP) is 1.27. The van der Waals surface area contributed by atoms with Crippen LogP contribution in [0.4, 0.5) is 0 Å². The van der Waals surface area contributed by atoms with E-state index in [9.17, 15) is 4.79 Å². The Kier molecular flexibility index (Phi) is 5.11. The van der Waals surface area contributed by atoms with Crippen molar-refractivity contribution >= 4 is 18.3 Å². The van der Waals surface area contributed by atoms with Crippen LogP contribution in [0, 0.1) is 5.41 Å². The summed E-state index contributed by atoms with van der Waals surface area (Å²) in [4.78, 5) is 15.3. The topological polar surface area (TPSA) is 82.0 Å². The third-order valence-electron chi connectivity index (χ3n) is 3.31. The average Bonchev–Trinajstić information content (AvgIpc) is 2.18. The third-order valence-corrected chi connectivity index (χ3v) is 3.31. The lowest BCUT2D eigenvalue weighted by Gasteiger charge is -2.38. The zero-order valence-corrected chi connectivity index (χ0v) is 11.3. The molecule has 4 nitrogen and oxygen atoms in total. The van der Waals surface area contributed by atoms with Gasteiger partial charge < -0.3 is 11.5 Å². The van der Waals surface area contributed by atoms with Crippen molar-refractivity contribution in [3.63, 3.8) is 0 Å². The molecule has 0 aromatic carbocycles. The molecule has 5 heteroatoms. The van der Waals surface area contributed by atoms with Crippen LogP contribution in [0.5, 0.6) is 0 Å². The molecule has 0 aliphatic carbocycles. The summed E-state index contributed by atoms with van der Waals surface area (Å²) < 4.78 is 0. The zero-order valence-electron chi connectivity index (χ0n) is 10.4. The number of hydrogen-bond donors (Lipinski definition) is 2. The monoisotopic (exact) mass is 257 g/mol. The second-order valence-electron chi connectivity index (χ2n) is 4.98. The van der Waals surface area contributed by atoms with Gasteiger partial charge in [-0.25, -0.2) is 0 Å². The van der Waals surface area contributed by atoms with E-state index < -0.39 is 16.9 Å². The molecule has 1 heterocycles. The molecular weight excluding hydrogens is 238 g/mol. The number of halogens is 1. The van der Waals surface area contributed by atoms with E-state index >= 15 is 0 Å². The Balaban J connectivity index is 0.00000256. The van der Waals surface area contributed by atoms with Crippen LogP contribution < -0.4 is 11.5 Å². The first-order valence-electron chi connectivity index (χ1n) is 5.25. The van der Waals surface area contributed by atoms with Crippen molar-refractivity contribution in [2.75, 3.05) is 0 Å². The Morgan fingerprint density at radius 2 is 1.76 bits per heavy atom. The highest BCUT2D eigenvalue weighted by atomic mass is 35.5. The molecule has 0 bridgehead atoms. The van der Waals surface area contributed by atoms with Crippen molar-refractivity contribution in [3.8, 4) is 0 Å². The van der Waals surface area contributed by atoms with Crippen LogP contribution in [0.25, 0.3) is 0 Å². The second-order valence-corrected chi connectivity index (χ2v) is 4.98. The molecule has 1 aromatic heterocycles. The van der Waals surface area contributed by atoms with Crippen LogP contribution in [-0.2, 0) is 11.2 Å². The van der Waals surface area contributed by atoms with Crippen molar-refractivity contribution in [1.82, 2.24) is 4.98 Å². The molecule has 1 aromatic rings. The number of aromatic nitrogens is 1. The first-order chi connectivity index (χ1) is 7.27. The molecule has 0 aliphatic heterocycles. The molecule has 17 heavy (non-hydrogen) atoms. The Morgan fingerprint density at radius 1 is 1.29 bits per heavy atom. The van der Waals surface area contributed by atoms with Crippen molar-refractivity contribution < 1.29 is 4.79 Å². The van der Waals surface area contributed by atoms with E-state index in [-0.39, 0.29) is 12.4 Å². The molecule has 1 atom stereocenters. The molecular formula is C12H20ClN3O. The summed E-state index contributed by atoms with van der Waals surface area (Å²) in [5.41, 5.74) is 11.0. The fraction of sp³-hybridized carbons (Fsp3) is 0.500. The van der Waals surface area contributed by atoms with Gasteiger partial charge in [-0.3, -0.25) is 9.78 Å². The minimum absolute atomic E-state index is 0. The smallest absolute Gasteiger partial charge is 0.237 e. The van der Waals surface area contributed by atoms with Crippen molar-refractivity contribution in [2.45, 2.75) is 32.7 Å². The molecule has 0 spiro atoms. The fourth-order valence-corrected chi connectivity index (χ4v) is 1.53. The van der Waals surface area contributed by atoms with Crippen LogP contribution >= 0.6 is 12.4 Å². The summed E-state index contributed by atoms with van der Waals surface area (Å²) >= 11 is 0. The van der Waals surface area contributed by atoms with Gasteiger partial charge in [0.25, 0.3) is 0 Å². The molecule has 0 fully saturated rings. The largest absolute Gasteiger partial charge is 0.368 e. The number of primary amides is 1. The van der Waals surface area contributed by atoms with E-state index in [4.69, 9.17) is 11.5 Å². The summed E-state index contributed by atoms with van der Waals surface area (Å²) in [6.07, 6.45) is 4.14. The van der Waals surface area contributed by atoms with Gasteiger partial charge in [0.15, 0.2) is 0 Å². The van der Waals surface area contributed by atoms with Crippen molar-refractivity contribution in [1.29, 1.82) is 0 Å². The fourth-order valence-electron chi connectivity index (χ4n) is 1.53. The molecule has 96 valence electrons. The third kappa shape index (κ3) is 3.41. The molecule has 0 aliphatic rings. The Hall–Kier alpha value is -1.13. The number of pyridine rings is 1. The SMILES string of the molecule is CC(C)(Cc1ccncc1)C(C)(N)C(N)=O.Cl. The van der Waals surface area contributed by atoms with Crippen molar-refractivity contribution in [2.24, 2.45) is 16.9 Å². The van der Waals surface area contributed by atoms with Crippen LogP contribution in [0.1, 0.15) is 26.3 Å². The van der Waals surface area contributed by atoms with E-state index in [1.54, 1.807) is 19.3 Å². The minimum atomic E-state index is -1.03. The maximum absolute atomic E-state index is 11.3. The van der Waals surface area contributed by atoms with Crippen LogP contribution in [-0.4, -0.2) is 16.4 Å². The molecule has 0 saturated carbocycles. The average molecular weight is 258 g/mol. The number of rotatable bonds is 4. The van der Waals surface area contributed by atoms with Gasteiger partial charge in [-0.05, 0) is 36.5 Å². The first-order valence-corrected chi connectivity index (χ1v) is 5.25. The van der Waals surface area contributed by atoms with E-state index in [1.807, 2.05) is 26.0 Å². The van der Waals surface area contributed by atoms with Gasteiger partial charge in [0.2, 0.25) is 5.91 Å². The van der Waals surface area contributed by atoms with Gasteiger partial charge >= 0.3 is 0 Å². The quantitative estimate of drug-likeness (QED) is 0.852. The van der Waals surface area contributed by atoms with E-state index in [1.165, 1.54) is 0 Å². The van der Waals surface area contributed by atoms with E-state index in [0.29, 0.717) is 6.42 Å². The Bertz CT molecular complexity index is 377. The number of amides is 1. The summed E-state index contributed by atoms with van der Waals surface area (Å²) in [6.45, 7) is 5.56. The number of nitrogens with zero attached hydrogens (tertiary/aromatic N) is 1. The first kappa shape index (κ1) is 15.9. The van der Waals surface area contributed by atoms with Gasteiger partial charge in [0, 0.05) is 12.4 Å². The van der Waals surface area contributed by atoms with E-state index in [0.717, 1.165) is 5.56 Å². The van der Waals surface area contributed by atoms with Crippen LogP contribution in [0.2, 0.25) is 0 Å². The highest BCUT2D eigenvalue weighted by Gasteiger charge is 2.42. The molecule has 0 saturated heterocycles. The number of carbonyl (C=O) groups is 1. The minimum Gasteiger partial charge on any atom is -0.368 e. The lowest BCUT2D eigenvalue weighted by molar-refractivity contribution is -0.126. The molecule has 1 rings (SSSR count). The van der Waals surface area contributed by atoms with Crippen LogP contribution in [0.15, 0.2) is 24.5 Å². The van der Waals surface area contributed by atoms with Gasteiger partial charge in [-0.1, -0.05) is 13.8 Å². The summed E-state index contributed by atoms with van der Waals surface area (Å²) in [6, 6.07) is 3.83. The number of carbonyl (C=O) groups excluding carboxylic acids is 1.